The highest BCUT2D eigenvalue weighted by Crippen LogP contribution is 2.28. The largest absolute Gasteiger partial charge is 0.0955 e. The molecule has 0 aromatic heterocycles. The van der Waals surface area contributed by atoms with E-state index in [1.807, 2.05) is 27.7 Å². The van der Waals surface area contributed by atoms with Crippen molar-refractivity contribution in [2.45, 2.75) is 55.4 Å². The van der Waals surface area contributed by atoms with Gasteiger partial charge in [0.1, 0.15) is 0 Å². The van der Waals surface area contributed by atoms with Gasteiger partial charge in [0.2, 0.25) is 0 Å². The summed E-state index contributed by atoms with van der Waals surface area (Å²) in [4.78, 5) is 0. The van der Waals surface area contributed by atoms with E-state index in [4.69, 9.17) is 0 Å². The number of hydrogen-bond acceptors (Lipinski definition) is 0. The van der Waals surface area contributed by atoms with E-state index in [9.17, 15) is 0 Å². The first-order valence-electron chi connectivity index (χ1n) is 9.70. The molecule has 3 aromatic carbocycles. The summed E-state index contributed by atoms with van der Waals surface area (Å²) in [6.07, 6.45) is 0. The maximum absolute atomic E-state index is 4.39. The third-order valence-electron chi connectivity index (χ3n) is 4.55. The molecule has 0 atom stereocenters. The maximum atomic E-state index is 4.39. The molecule has 0 aliphatic carbocycles. The highest BCUT2D eigenvalue weighted by atomic mass is 14.1. The van der Waals surface area contributed by atoms with Gasteiger partial charge in [0.05, 0.1) is 0 Å². The third kappa shape index (κ3) is 3.75. The molecule has 0 fully saturated rings. The van der Waals surface area contributed by atoms with Crippen molar-refractivity contribution in [1.82, 2.24) is 0 Å². The zero-order valence-electron chi connectivity index (χ0n) is 17.9. The molecule has 0 bridgehead atoms. The van der Waals surface area contributed by atoms with Gasteiger partial charge in [-0.05, 0) is 70.8 Å². The Hall–Kier alpha value is -2.34. The molecule has 26 heavy (non-hydrogen) atoms. The van der Waals surface area contributed by atoms with E-state index in [0.717, 1.165) is 10.8 Å². The molecule has 0 aliphatic heterocycles. The molecule has 0 aliphatic rings. The van der Waals surface area contributed by atoms with Crippen molar-refractivity contribution in [3.8, 4) is 0 Å². The van der Waals surface area contributed by atoms with Gasteiger partial charge in [0, 0.05) is 0 Å². The molecule has 0 N–H and O–H groups in total. The molecule has 0 unspecified atom stereocenters. The normalized spacial score (nSPS) is 9.85. The summed E-state index contributed by atoms with van der Waals surface area (Å²) >= 11 is 0. The van der Waals surface area contributed by atoms with Gasteiger partial charge in [0.15, 0.2) is 0 Å². The Morgan fingerprint density at radius 3 is 1.77 bits per heavy atom. The molecule has 0 radical (unpaired) electrons. The molecule has 0 saturated heterocycles. The lowest BCUT2D eigenvalue weighted by Crippen LogP contribution is -2.14. The summed E-state index contributed by atoms with van der Waals surface area (Å²) in [5.74, 6) is 0. The second kappa shape index (κ2) is 9.38. The first-order valence-corrected chi connectivity index (χ1v) is 9.70. The predicted molar refractivity (Wildman–Crippen MR) is 123 cm³/mol. The van der Waals surface area contributed by atoms with Crippen LogP contribution in [0.2, 0.25) is 0 Å². The highest BCUT2D eigenvalue weighted by molar-refractivity contribution is 6.12. The quantitative estimate of drug-likeness (QED) is 0.417. The van der Waals surface area contributed by atoms with Crippen LogP contribution in [0, 0.1) is 6.92 Å². The SMILES string of the molecule is C=C(C)c1cccc2c1c(=C)c(C)c1c(=C(C)C)cccc12.CC.CC. The highest BCUT2D eigenvalue weighted by Gasteiger charge is 2.10. The summed E-state index contributed by atoms with van der Waals surface area (Å²) in [7, 11) is 0. The summed E-state index contributed by atoms with van der Waals surface area (Å²) in [5, 5.41) is 7.60. The lowest BCUT2D eigenvalue weighted by molar-refractivity contribution is 1.45. The molecule has 0 spiro atoms. The van der Waals surface area contributed by atoms with Crippen LogP contribution >= 0.6 is 0 Å². The van der Waals surface area contributed by atoms with E-state index < -0.39 is 0 Å². The summed E-state index contributed by atoms with van der Waals surface area (Å²) in [6.45, 7) is 25.1. The van der Waals surface area contributed by atoms with E-state index in [2.05, 4.69) is 77.3 Å². The Bertz CT molecular complexity index is 1030. The van der Waals surface area contributed by atoms with Crippen LogP contribution in [0.1, 0.15) is 59.6 Å². The number of rotatable bonds is 1. The Labute approximate surface area is 159 Å². The second-order valence-electron chi connectivity index (χ2n) is 6.34. The van der Waals surface area contributed by atoms with Crippen molar-refractivity contribution in [2.24, 2.45) is 0 Å². The van der Waals surface area contributed by atoms with Crippen LogP contribution in [0.25, 0.3) is 39.3 Å². The van der Waals surface area contributed by atoms with Crippen molar-refractivity contribution in [3.05, 3.63) is 64.5 Å². The van der Waals surface area contributed by atoms with Crippen LogP contribution in [0.15, 0.2) is 43.0 Å². The van der Waals surface area contributed by atoms with Gasteiger partial charge in [-0.2, -0.15) is 0 Å². The van der Waals surface area contributed by atoms with Crippen molar-refractivity contribution in [1.29, 1.82) is 0 Å². The topological polar surface area (TPSA) is 0 Å². The van der Waals surface area contributed by atoms with E-state index in [1.165, 1.54) is 43.5 Å². The third-order valence-corrected chi connectivity index (χ3v) is 4.55. The number of allylic oxidation sites excluding steroid dienone is 1. The lowest BCUT2D eigenvalue weighted by Gasteiger charge is -2.14. The molecule has 0 saturated carbocycles. The zero-order valence-corrected chi connectivity index (χ0v) is 17.9. The van der Waals surface area contributed by atoms with Crippen LogP contribution in [0.3, 0.4) is 0 Å². The fourth-order valence-corrected chi connectivity index (χ4v) is 3.39. The maximum Gasteiger partial charge on any atom is -0.00332 e. The average Bonchev–Trinajstić information content (AvgIpc) is 2.67. The minimum Gasteiger partial charge on any atom is -0.0955 e. The van der Waals surface area contributed by atoms with Crippen molar-refractivity contribution >= 4 is 39.3 Å². The molecule has 0 nitrogen and oxygen atoms in total. The number of benzene rings is 3. The molecule has 0 heteroatoms. The van der Waals surface area contributed by atoms with Crippen molar-refractivity contribution in [3.63, 3.8) is 0 Å². The average molecular weight is 347 g/mol. The lowest BCUT2D eigenvalue weighted by atomic mass is 9.90. The van der Waals surface area contributed by atoms with Crippen LogP contribution in [-0.2, 0) is 0 Å². The van der Waals surface area contributed by atoms with Crippen LogP contribution < -0.4 is 10.4 Å². The molecular weight excluding hydrogens is 312 g/mol. The summed E-state index contributed by atoms with van der Waals surface area (Å²) in [6, 6.07) is 13.0. The molecule has 0 amide bonds. The van der Waals surface area contributed by atoms with Crippen molar-refractivity contribution < 1.29 is 0 Å². The number of hydrogen-bond donors (Lipinski definition) is 0. The van der Waals surface area contributed by atoms with Crippen LogP contribution in [-0.4, -0.2) is 0 Å². The van der Waals surface area contributed by atoms with Crippen LogP contribution in [0.4, 0.5) is 0 Å². The standard InChI is InChI=1S/C22H22.2C2H6/c1-13(2)17-9-7-11-19-20-12-8-10-18(14(3)4)22(20)16(6)15(5)21(17)19;2*1-2/h7-12H,1,5H2,2-4,6H3;2*1-2H3. The molecule has 3 aromatic rings. The molecule has 3 rings (SSSR count). The van der Waals surface area contributed by atoms with E-state index in [-0.39, 0.29) is 0 Å². The fraction of sp³-hybridized carbons (Fsp3) is 0.308. The van der Waals surface area contributed by atoms with Gasteiger partial charge in [-0.25, -0.2) is 0 Å². The molecular formula is C26H34. The second-order valence-corrected chi connectivity index (χ2v) is 6.34. The van der Waals surface area contributed by atoms with Gasteiger partial charge in [0.25, 0.3) is 0 Å². The molecule has 138 valence electrons. The van der Waals surface area contributed by atoms with Gasteiger partial charge >= 0.3 is 0 Å². The Morgan fingerprint density at radius 2 is 1.27 bits per heavy atom. The zero-order chi connectivity index (χ0) is 20.0. The summed E-state index contributed by atoms with van der Waals surface area (Å²) < 4.78 is 0. The fourth-order valence-electron chi connectivity index (χ4n) is 3.39. The first-order chi connectivity index (χ1) is 12.4. The minimum atomic E-state index is 1.09. The van der Waals surface area contributed by atoms with E-state index >= 15 is 0 Å². The first kappa shape index (κ1) is 21.7. The molecule has 0 heterocycles. The van der Waals surface area contributed by atoms with Gasteiger partial charge in [-0.15, -0.1) is 0 Å². The minimum absolute atomic E-state index is 1.09. The Kier molecular flexibility index (Phi) is 7.83. The van der Waals surface area contributed by atoms with Crippen LogP contribution in [0.5, 0.6) is 0 Å². The Balaban J connectivity index is 0.000000791. The van der Waals surface area contributed by atoms with Gasteiger partial charge < -0.3 is 0 Å². The number of fused-ring (bicyclic) bond motifs is 3. The number of aryl methyl sites for hydroxylation is 1. The van der Waals surface area contributed by atoms with Gasteiger partial charge in [-0.3, -0.25) is 0 Å². The Morgan fingerprint density at radius 1 is 0.769 bits per heavy atom. The van der Waals surface area contributed by atoms with Crippen molar-refractivity contribution in [2.75, 3.05) is 0 Å². The van der Waals surface area contributed by atoms with Gasteiger partial charge in [-0.1, -0.05) is 88.4 Å². The predicted octanol–water partition coefficient (Wildman–Crippen LogP) is 6.99. The monoisotopic (exact) mass is 346 g/mol. The smallest absolute Gasteiger partial charge is 0.00332 e. The van der Waals surface area contributed by atoms with E-state index in [1.54, 1.807) is 0 Å². The van der Waals surface area contributed by atoms with E-state index in [0.29, 0.717) is 0 Å². The summed E-state index contributed by atoms with van der Waals surface area (Å²) in [5.41, 5.74) is 4.90.